The summed E-state index contributed by atoms with van der Waals surface area (Å²) in [4.78, 5) is 12.9. The average molecular weight is 293 g/mol. The maximum atomic E-state index is 11.2. The van der Waals surface area contributed by atoms with E-state index >= 15 is 0 Å². The van der Waals surface area contributed by atoms with Gasteiger partial charge in [0.15, 0.2) is 5.22 Å². The smallest absolute Gasteiger partial charge is 0.219 e. The zero-order valence-electron chi connectivity index (χ0n) is 11.5. The van der Waals surface area contributed by atoms with Crippen LogP contribution in [-0.4, -0.2) is 17.9 Å². The van der Waals surface area contributed by atoms with Crippen molar-refractivity contribution in [1.29, 1.82) is 0 Å². The number of amides is 1. The number of nitrogens with zero attached hydrogens (tertiary/aromatic N) is 1. The zero-order valence-corrected chi connectivity index (χ0v) is 12.3. The van der Waals surface area contributed by atoms with Gasteiger partial charge in [-0.25, -0.2) is 0 Å². The van der Waals surface area contributed by atoms with Crippen molar-refractivity contribution in [3.8, 4) is 0 Å². The van der Waals surface area contributed by atoms with Gasteiger partial charge < -0.3 is 14.6 Å². The van der Waals surface area contributed by atoms with Crippen molar-refractivity contribution in [2.75, 3.05) is 12.4 Å². The molecule has 0 aliphatic heterocycles. The monoisotopic (exact) mass is 292 g/mol. The molecule has 4 nitrogen and oxygen atoms in total. The molecule has 1 heterocycles. The number of nitrogens with one attached hydrogen (secondary N) is 1. The van der Waals surface area contributed by atoms with Gasteiger partial charge in [-0.15, -0.1) is 0 Å². The van der Waals surface area contributed by atoms with E-state index in [0.717, 1.165) is 17.0 Å². The Morgan fingerprint density at radius 3 is 2.80 bits per heavy atom. The number of hydrogen-bond acceptors (Lipinski definition) is 3. The molecule has 0 atom stereocenters. The number of carbonyl (C=O) groups excluding carboxylic acids is 1. The van der Waals surface area contributed by atoms with Gasteiger partial charge in [-0.2, -0.15) is 0 Å². The Morgan fingerprint density at radius 2 is 2.15 bits per heavy atom. The molecule has 2 aromatic rings. The molecule has 20 heavy (non-hydrogen) atoms. The van der Waals surface area contributed by atoms with Gasteiger partial charge in [0.1, 0.15) is 5.76 Å². The molecule has 1 aromatic carbocycles. The zero-order chi connectivity index (χ0) is 14.5. The van der Waals surface area contributed by atoms with Crippen molar-refractivity contribution in [1.82, 2.24) is 4.90 Å². The molecule has 0 saturated carbocycles. The number of hydrogen-bond donors (Lipinski definition) is 1. The maximum absolute atomic E-state index is 11.2. The third-order valence-electron chi connectivity index (χ3n) is 2.98. The van der Waals surface area contributed by atoms with Crippen LogP contribution >= 0.6 is 11.6 Å². The summed E-state index contributed by atoms with van der Waals surface area (Å²) in [5, 5.41) is 3.65. The first-order chi connectivity index (χ1) is 9.54. The van der Waals surface area contributed by atoms with Crippen LogP contribution in [0.3, 0.4) is 0 Å². The summed E-state index contributed by atoms with van der Waals surface area (Å²) in [5.74, 6) is 0.829. The minimum atomic E-state index is 0.0496. The molecule has 5 heteroatoms. The highest BCUT2D eigenvalue weighted by Crippen LogP contribution is 2.16. The van der Waals surface area contributed by atoms with Crippen molar-refractivity contribution in [2.45, 2.75) is 20.0 Å². The van der Waals surface area contributed by atoms with Gasteiger partial charge in [-0.3, -0.25) is 4.79 Å². The van der Waals surface area contributed by atoms with Crippen LogP contribution < -0.4 is 5.32 Å². The molecular formula is C15H17ClN2O2. The lowest BCUT2D eigenvalue weighted by atomic mass is 10.2. The van der Waals surface area contributed by atoms with Crippen LogP contribution in [0.1, 0.15) is 18.2 Å². The van der Waals surface area contributed by atoms with Crippen LogP contribution in [0.5, 0.6) is 0 Å². The number of carbonyl (C=O) groups is 1. The summed E-state index contributed by atoms with van der Waals surface area (Å²) in [6.07, 6.45) is 0. The van der Waals surface area contributed by atoms with E-state index in [9.17, 15) is 4.79 Å². The molecule has 0 spiro atoms. The lowest BCUT2D eigenvalue weighted by Gasteiger charge is -2.15. The van der Waals surface area contributed by atoms with E-state index in [1.54, 1.807) is 24.9 Å². The van der Waals surface area contributed by atoms with Crippen molar-refractivity contribution in [3.63, 3.8) is 0 Å². The Hall–Kier alpha value is -1.94. The van der Waals surface area contributed by atoms with Crippen molar-refractivity contribution in [2.24, 2.45) is 0 Å². The van der Waals surface area contributed by atoms with E-state index in [0.29, 0.717) is 18.3 Å². The van der Waals surface area contributed by atoms with Crippen LogP contribution in [-0.2, 0) is 17.9 Å². The van der Waals surface area contributed by atoms with Crippen LogP contribution in [0, 0.1) is 0 Å². The molecule has 0 aliphatic carbocycles. The van der Waals surface area contributed by atoms with Crippen molar-refractivity contribution in [3.05, 3.63) is 52.9 Å². The van der Waals surface area contributed by atoms with Gasteiger partial charge in [0, 0.05) is 26.2 Å². The predicted octanol–water partition coefficient (Wildman–Crippen LogP) is 3.52. The number of halogens is 1. The number of rotatable bonds is 5. The quantitative estimate of drug-likeness (QED) is 0.917. The summed E-state index contributed by atoms with van der Waals surface area (Å²) in [7, 11) is 1.79. The van der Waals surface area contributed by atoms with Crippen molar-refractivity contribution >= 4 is 23.2 Å². The normalized spacial score (nSPS) is 10.3. The number of benzene rings is 1. The van der Waals surface area contributed by atoms with E-state index in [4.69, 9.17) is 16.0 Å². The highest BCUT2D eigenvalue weighted by molar-refractivity contribution is 6.28. The molecule has 1 amide bonds. The topological polar surface area (TPSA) is 45.5 Å². The second-order valence-corrected chi connectivity index (χ2v) is 5.01. The van der Waals surface area contributed by atoms with Crippen LogP contribution in [0.4, 0.5) is 5.69 Å². The Labute approximate surface area is 123 Å². The first kappa shape index (κ1) is 14.5. The molecule has 1 aromatic heterocycles. The first-order valence-electron chi connectivity index (χ1n) is 6.33. The largest absolute Gasteiger partial charge is 0.448 e. The maximum Gasteiger partial charge on any atom is 0.219 e. The fraction of sp³-hybridized carbons (Fsp3) is 0.267. The SMILES string of the molecule is CC(=O)N(C)Cc1cccc(NCc2ccc(Cl)o2)c1. The second kappa shape index (κ2) is 6.48. The van der Waals surface area contributed by atoms with Crippen LogP contribution in [0.25, 0.3) is 0 Å². The molecule has 106 valence electrons. The molecule has 2 rings (SSSR count). The third-order valence-corrected chi connectivity index (χ3v) is 3.18. The Bertz CT molecular complexity index is 595. The molecule has 0 unspecified atom stereocenters. The molecule has 0 saturated heterocycles. The van der Waals surface area contributed by atoms with Gasteiger partial charge in [-0.1, -0.05) is 12.1 Å². The molecule has 0 aliphatic rings. The molecule has 1 N–H and O–H groups in total. The summed E-state index contributed by atoms with van der Waals surface area (Å²) in [6, 6.07) is 11.5. The summed E-state index contributed by atoms with van der Waals surface area (Å²) in [5.41, 5.74) is 2.05. The van der Waals surface area contributed by atoms with E-state index < -0.39 is 0 Å². The minimum absolute atomic E-state index is 0.0496. The highest BCUT2D eigenvalue weighted by Gasteiger charge is 2.04. The second-order valence-electron chi connectivity index (χ2n) is 4.63. The van der Waals surface area contributed by atoms with Gasteiger partial charge in [0.2, 0.25) is 5.91 Å². The predicted molar refractivity (Wildman–Crippen MR) is 79.6 cm³/mol. The molecule has 0 bridgehead atoms. The minimum Gasteiger partial charge on any atom is -0.448 e. The van der Waals surface area contributed by atoms with E-state index in [2.05, 4.69) is 5.32 Å². The Balaban J connectivity index is 1.97. The van der Waals surface area contributed by atoms with E-state index in [1.807, 2.05) is 30.3 Å². The fourth-order valence-corrected chi connectivity index (χ4v) is 1.96. The van der Waals surface area contributed by atoms with Gasteiger partial charge in [0.25, 0.3) is 0 Å². The lowest BCUT2D eigenvalue weighted by Crippen LogP contribution is -2.22. The average Bonchev–Trinajstić information content (AvgIpc) is 2.82. The standard InChI is InChI=1S/C15H17ClN2O2/c1-11(19)18(2)10-12-4-3-5-13(8-12)17-9-14-6-7-15(16)20-14/h3-8,17H,9-10H2,1-2H3. The van der Waals surface area contributed by atoms with Gasteiger partial charge in [-0.05, 0) is 41.4 Å². The Kier molecular flexibility index (Phi) is 4.69. The summed E-state index contributed by atoms with van der Waals surface area (Å²) in [6.45, 7) is 2.72. The summed E-state index contributed by atoms with van der Waals surface area (Å²) >= 11 is 5.72. The third kappa shape index (κ3) is 4.03. The van der Waals surface area contributed by atoms with Gasteiger partial charge >= 0.3 is 0 Å². The molecule has 0 fully saturated rings. The van der Waals surface area contributed by atoms with Gasteiger partial charge in [0.05, 0.1) is 6.54 Å². The van der Waals surface area contributed by atoms with Crippen LogP contribution in [0.15, 0.2) is 40.8 Å². The molecule has 0 radical (unpaired) electrons. The highest BCUT2D eigenvalue weighted by atomic mass is 35.5. The van der Waals surface area contributed by atoms with Crippen LogP contribution in [0.2, 0.25) is 5.22 Å². The first-order valence-corrected chi connectivity index (χ1v) is 6.71. The fourth-order valence-electron chi connectivity index (χ4n) is 1.80. The molecular weight excluding hydrogens is 276 g/mol. The number of furan rings is 1. The number of anilines is 1. The lowest BCUT2D eigenvalue weighted by molar-refractivity contribution is -0.128. The van der Waals surface area contributed by atoms with E-state index in [1.165, 1.54) is 0 Å². The summed E-state index contributed by atoms with van der Waals surface area (Å²) < 4.78 is 5.28. The Morgan fingerprint density at radius 1 is 1.35 bits per heavy atom. The van der Waals surface area contributed by atoms with E-state index in [-0.39, 0.29) is 5.91 Å². The van der Waals surface area contributed by atoms with Crippen molar-refractivity contribution < 1.29 is 9.21 Å².